The summed E-state index contributed by atoms with van der Waals surface area (Å²) < 4.78 is 5.18. The van der Waals surface area contributed by atoms with E-state index >= 15 is 0 Å². The summed E-state index contributed by atoms with van der Waals surface area (Å²) in [6.07, 6.45) is 1.83. The molecule has 8 heteroatoms. The standard InChI is InChI=1S/C13H18N4O4/c1-10-8-11(17(19)20)13(15-9-10)14-3-2-12(18)16-4-6-21-7-5-16/h8-9H,2-7H2,1H3,(H,14,15). The van der Waals surface area contributed by atoms with Gasteiger partial charge in [-0.05, 0) is 12.5 Å². The van der Waals surface area contributed by atoms with Gasteiger partial charge in [0, 0.05) is 38.3 Å². The Bertz CT molecular complexity index is 529. The lowest BCUT2D eigenvalue weighted by Crippen LogP contribution is -2.41. The lowest BCUT2D eigenvalue weighted by Gasteiger charge is -2.26. The second-order valence-corrected chi connectivity index (χ2v) is 4.81. The smallest absolute Gasteiger partial charge is 0.311 e. The third-order valence-electron chi connectivity index (χ3n) is 3.20. The summed E-state index contributed by atoms with van der Waals surface area (Å²) in [5.41, 5.74) is 0.644. The summed E-state index contributed by atoms with van der Waals surface area (Å²) in [7, 11) is 0. The number of nitrogens with one attached hydrogen (secondary N) is 1. The summed E-state index contributed by atoms with van der Waals surface area (Å²) in [5.74, 6) is 0.209. The van der Waals surface area contributed by atoms with Crippen molar-refractivity contribution in [2.45, 2.75) is 13.3 Å². The highest BCUT2D eigenvalue weighted by Gasteiger charge is 2.18. The Kier molecular flexibility index (Phi) is 5.04. The van der Waals surface area contributed by atoms with Gasteiger partial charge in [0.2, 0.25) is 11.7 Å². The van der Waals surface area contributed by atoms with Crippen LogP contribution in [0.3, 0.4) is 0 Å². The Balaban J connectivity index is 1.88. The van der Waals surface area contributed by atoms with Gasteiger partial charge in [-0.1, -0.05) is 0 Å². The maximum absolute atomic E-state index is 11.9. The summed E-state index contributed by atoms with van der Waals surface area (Å²) in [6.45, 7) is 4.37. The van der Waals surface area contributed by atoms with Crippen LogP contribution in [-0.2, 0) is 9.53 Å². The van der Waals surface area contributed by atoms with E-state index in [0.29, 0.717) is 32.8 Å². The van der Waals surface area contributed by atoms with Gasteiger partial charge < -0.3 is 15.0 Å². The predicted molar refractivity (Wildman–Crippen MR) is 76.1 cm³/mol. The minimum absolute atomic E-state index is 0.0144. The van der Waals surface area contributed by atoms with Crippen molar-refractivity contribution in [3.8, 4) is 0 Å². The molecule has 0 aromatic carbocycles. The number of pyridine rings is 1. The van der Waals surface area contributed by atoms with Crippen LogP contribution in [-0.4, -0.2) is 53.6 Å². The maximum atomic E-state index is 11.9. The van der Waals surface area contributed by atoms with Gasteiger partial charge in [0.1, 0.15) is 0 Å². The first-order valence-electron chi connectivity index (χ1n) is 6.78. The van der Waals surface area contributed by atoms with Crippen LogP contribution >= 0.6 is 0 Å². The Morgan fingerprint density at radius 1 is 1.52 bits per heavy atom. The summed E-state index contributed by atoms with van der Waals surface area (Å²) >= 11 is 0. The minimum Gasteiger partial charge on any atom is -0.378 e. The fraction of sp³-hybridized carbons (Fsp3) is 0.538. The number of carbonyl (C=O) groups excluding carboxylic acids is 1. The van der Waals surface area contributed by atoms with Crippen molar-refractivity contribution in [2.24, 2.45) is 0 Å². The van der Waals surface area contributed by atoms with Crippen LogP contribution in [0.15, 0.2) is 12.3 Å². The largest absolute Gasteiger partial charge is 0.378 e. The van der Waals surface area contributed by atoms with Gasteiger partial charge in [0.15, 0.2) is 0 Å². The molecule has 0 spiro atoms. The number of rotatable bonds is 5. The molecule has 0 radical (unpaired) electrons. The molecule has 21 heavy (non-hydrogen) atoms. The third-order valence-corrected chi connectivity index (χ3v) is 3.20. The van der Waals surface area contributed by atoms with Crippen molar-refractivity contribution >= 4 is 17.4 Å². The van der Waals surface area contributed by atoms with E-state index < -0.39 is 4.92 Å². The predicted octanol–water partition coefficient (Wildman–Crippen LogP) is 0.959. The van der Waals surface area contributed by atoms with E-state index in [-0.39, 0.29) is 23.8 Å². The monoisotopic (exact) mass is 294 g/mol. The molecule has 1 aliphatic heterocycles. The molecule has 1 fully saturated rings. The van der Waals surface area contributed by atoms with Crippen LogP contribution in [0.5, 0.6) is 0 Å². The van der Waals surface area contributed by atoms with Crippen molar-refractivity contribution in [2.75, 3.05) is 38.2 Å². The summed E-state index contributed by atoms with van der Waals surface area (Å²) in [6, 6.07) is 1.46. The molecule has 0 aliphatic carbocycles. The fourth-order valence-electron chi connectivity index (χ4n) is 2.09. The number of amides is 1. The Morgan fingerprint density at radius 3 is 2.90 bits per heavy atom. The van der Waals surface area contributed by atoms with E-state index in [1.54, 1.807) is 18.0 Å². The number of carbonyl (C=O) groups is 1. The first kappa shape index (κ1) is 15.2. The van der Waals surface area contributed by atoms with E-state index in [1.807, 2.05) is 0 Å². The van der Waals surface area contributed by atoms with Crippen molar-refractivity contribution in [3.05, 3.63) is 27.9 Å². The lowest BCUT2D eigenvalue weighted by atomic mass is 10.2. The summed E-state index contributed by atoms with van der Waals surface area (Å²) in [4.78, 5) is 28.2. The molecule has 1 aromatic rings. The van der Waals surface area contributed by atoms with Crippen LogP contribution in [0.2, 0.25) is 0 Å². The van der Waals surface area contributed by atoms with E-state index in [4.69, 9.17) is 4.74 Å². The SMILES string of the molecule is Cc1cnc(NCCC(=O)N2CCOCC2)c([N+](=O)[O-])c1. The first-order valence-corrected chi connectivity index (χ1v) is 6.78. The second-order valence-electron chi connectivity index (χ2n) is 4.81. The molecule has 1 N–H and O–H groups in total. The molecule has 0 atom stereocenters. The Morgan fingerprint density at radius 2 is 2.24 bits per heavy atom. The quantitative estimate of drug-likeness (QED) is 0.641. The number of nitro groups is 1. The molecular formula is C13H18N4O4. The van der Waals surface area contributed by atoms with Gasteiger partial charge in [-0.2, -0.15) is 0 Å². The molecule has 1 aliphatic rings. The lowest BCUT2D eigenvalue weighted by molar-refractivity contribution is -0.384. The molecule has 0 saturated carbocycles. The number of hydrogen-bond donors (Lipinski definition) is 1. The van der Waals surface area contributed by atoms with Crippen LogP contribution in [0, 0.1) is 17.0 Å². The van der Waals surface area contributed by atoms with Crippen molar-refractivity contribution in [1.82, 2.24) is 9.88 Å². The number of nitrogens with zero attached hydrogens (tertiary/aromatic N) is 3. The summed E-state index contributed by atoms with van der Waals surface area (Å²) in [5, 5.41) is 13.8. The molecule has 0 unspecified atom stereocenters. The van der Waals surface area contributed by atoms with Gasteiger partial charge in [-0.15, -0.1) is 0 Å². The van der Waals surface area contributed by atoms with Crippen LogP contribution in [0.1, 0.15) is 12.0 Å². The number of aryl methyl sites for hydroxylation is 1. The van der Waals surface area contributed by atoms with Gasteiger partial charge in [-0.25, -0.2) is 4.98 Å². The highest BCUT2D eigenvalue weighted by molar-refractivity contribution is 5.77. The normalized spacial score (nSPS) is 14.8. The van der Waals surface area contributed by atoms with E-state index in [9.17, 15) is 14.9 Å². The average Bonchev–Trinajstić information content (AvgIpc) is 2.49. The van der Waals surface area contributed by atoms with Crippen LogP contribution < -0.4 is 5.32 Å². The Hall–Kier alpha value is -2.22. The van der Waals surface area contributed by atoms with E-state index in [0.717, 1.165) is 5.56 Å². The van der Waals surface area contributed by atoms with Gasteiger partial charge in [-0.3, -0.25) is 14.9 Å². The molecular weight excluding hydrogens is 276 g/mol. The zero-order valence-electron chi connectivity index (χ0n) is 11.9. The van der Waals surface area contributed by atoms with Crippen LogP contribution in [0.4, 0.5) is 11.5 Å². The van der Waals surface area contributed by atoms with Gasteiger partial charge in [0.05, 0.1) is 18.1 Å². The highest BCUT2D eigenvalue weighted by atomic mass is 16.6. The molecule has 1 amide bonds. The molecule has 8 nitrogen and oxygen atoms in total. The van der Waals surface area contributed by atoms with Gasteiger partial charge in [0.25, 0.3) is 0 Å². The number of aromatic nitrogens is 1. The third kappa shape index (κ3) is 4.12. The Labute approximate surface area is 122 Å². The molecule has 0 bridgehead atoms. The van der Waals surface area contributed by atoms with Crippen molar-refractivity contribution in [3.63, 3.8) is 0 Å². The molecule has 1 aromatic heterocycles. The fourth-order valence-corrected chi connectivity index (χ4v) is 2.09. The van der Waals surface area contributed by atoms with Crippen molar-refractivity contribution < 1.29 is 14.5 Å². The number of hydrogen-bond acceptors (Lipinski definition) is 6. The molecule has 114 valence electrons. The first-order chi connectivity index (χ1) is 10.1. The second kappa shape index (κ2) is 6.98. The number of anilines is 1. The van der Waals surface area contributed by atoms with Gasteiger partial charge >= 0.3 is 5.69 Å². The topological polar surface area (TPSA) is 97.6 Å². The van der Waals surface area contributed by atoms with Crippen LogP contribution in [0.25, 0.3) is 0 Å². The number of morpholine rings is 1. The maximum Gasteiger partial charge on any atom is 0.311 e. The molecule has 1 saturated heterocycles. The van der Waals surface area contributed by atoms with Crippen molar-refractivity contribution in [1.29, 1.82) is 0 Å². The molecule has 2 heterocycles. The van der Waals surface area contributed by atoms with E-state index in [2.05, 4.69) is 10.3 Å². The highest BCUT2D eigenvalue weighted by Crippen LogP contribution is 2.22. The average molecular weight is 294 g/mol. The molecule has 2 rings (SSSR count). The van der Waals surface area contributed by atoms with E-state index in [1.165, 1.54) is 6.07 Å². The minimum atomic E-state index is -0.480. The zero-order chi connectivity index (χ0) is 15.2. The zero-order valence-corrected chi connectivity index (χ0v) is 11.9. The number of ether oxygens (including phenoxy) is 1.